The number of aliphatic hydroxyl groups excluding tert-OH is 1. The van der Waals surface area contributed by atoms with Gasteiger partial charge in [-0.05, 0) is 50.0 Å². The van der Waals surface area contributed by atoms with Crippen LogP contribution in [0.3, 0.4) is 0 Å². The number of hydrogen-bond donors (Lipinski definition) is 1. The molecule has 2 heterocycles. The maximum Gasteiger partial charge on any atom is 0.253 e. The van der Waals surface area contributed by atoms with E-state index in [1.807, 2.05) is 4.90 Å². The number of amides is 1. The second-order valence-electron chi connectivity index (χ2n) is 7.12. The van der Waals surface area contributed by atoms with Gasteiger partial charge in [-0.2, -0.15) is 0 Å². The molecule has 0 radical (unpaired) electrons. The van der Waals surface area contributed by atoms with Crippen molar-refractivity contribution in [3.63, 3.8) is 0 Å². The summed E-state index contributed by atoms with van der Waals surface area (Å²) in [5.41, 5.74) is 0.570. The summed E-state index contributed by atoms with van der Waals surface area (Å²) in [6.45, 7) is 4.68. The Kier molecular flexibility index (Phi) is 6.20. The van der Waals surface area contributed by atoms with E-state index in [0.717, 1.165) is 19.6 Å². The van der Waals surface area contributed by atoms with Crippen LogP contribution in [0.2, 0.25) is 5.02 Å². The normalized spacial score (nSPS) is 24.5. The quantitative estimate of drug-likeness (QED) is 0.870. The molecule has 5 nitrogen and oxygen atoms in total. The molecule has 0 bridgehead atoms. The van der Waals surface area contributed by atoms with Crippen LogP contribution in [0.15, 0.2) is 18.2 Å². The Morgan fingerprint density at radius 1 is 1.24 bits per heavy atom. The molecule has 0 aliphatic carbocycles. The molecule has 2 fully saturated rings. The van der Waals surface area contributed by atoms with Crippen LogP contribution in [0.5, 0.6) is 5.75 Å². The Morgan fingerprint density at radius 3 is 2.60 bits per heavy atom. The van der Waals surface area contributed by atoms with Gasteiger partial charge in [0, 0.05) is 37.7 Å². The molecule has 0 saturated carbocycles. The number of ether oxygens (including phenoxy) is 1. The minimum atomic E-state index is -0.0239. The number of benzene rings is 1. The van der Waals surface area contributed by atoms with Crippen LogP contribution in [0.4, 0.5) is 0 Å². The molecule has 3 rings (SSSR count). The molecule has 1 aromatic rings. The van der Waals surface area contributed by atoms with Crippen molar-refractivity contribution < 1.29 is 14.6 Å². The first kappa shape index (κ1) is 18.5. The third-order valence-electron chi connectivity index (χ3n) is 5.44. The summed E-state index contributed by atoms with van der Waals surface area (Å²) in [4.78, 5) is 17.2. The zero-order valence-corrected chi connectivity index (χ0v) is 15.5. The van der Waals surface area contributed by atoms with Gasteiger partial charge in [0.1, 0.15) is 5.75 Å². The summed E-state index contributed by atoms with van der Waals surface area (Å²) in [5, 5.41) is 10.2. The lowest BCUT2D eigenvalue weighted by Crippen LogP contribution is -2.37. The molecule has 2 aliphatic rings. The van der Waals surface area contributed by atoms with Crippen LogP contribution in [-0.2, 0) is 0 Å². The van der Waals surface area contributed by atoms with E-state index in [-0.39, 0.29) is 18.4 Å². The fourth-order valence-corrected chi connectivity index (χ4v) is 4.23. The number of piperidine rings is 1. The minimum absolute atomic E-state index is 0.0239. The number of carbonyl (C=O) groups excluding carboxylic acids is 1. The van der Waals surface area contributed by atoms with Crippen molar-refractivity contribution >= 4 is 17.5 Å². The van der Waals surface area contributed by atoms with Crippen LogP contribution in [-0.4, -0.2) is 67.3 Å². The monoisotopic (exact) mass is 366 g/mol. The van der Waals surface area contributed by atoms with Crippen molar-refractivity contribution in [1.82, 2.24) is 9.80 Å². The number of aliphatic hydroxyl groups is 1. The molecule has 2 atom stereocenters. The molecular weight excluding hydrogens is 340 g/mol. The van der Waals surface area contributed by atoms with E-state index in [9.17, 15) is 9.90 Å². The van der Waals surface area contributed by atoms with Crippen LogP contribution >= 0.6 is 11.6 Å². The van der Waals surface area contributed by atoms with Gasteiger partial charge in [-0.15, -0.1) is 0 Å². The number of carbonyl (C=O) groups is 1. The van der Waals surface area contributed by atoms with Crippen LogP contribution < -0.4 is 4.74 Å². The molecular formula is C19H27ClN2O3. The summed E-state index contributed by atoms with van der Waals surface area (Å²) >= 11 is 6.15. The maximum absolute atomic E-state index is 12.8. The van der Waals surface area contributed by atoms with Crippen molar-refractivity contribution in [3.8, 4) is 5.75 Å². The molecule has 0 aromatic heterocycles. The number of nitrogens with zero attached hydrogens (tertiary/aromatic N) is 2. The molecule has 6 heteroatoms. The third-order valence-corrected chi connectivity index (χ3v) is 5.73. The summed E-state index contributed by atoms with van der Waals surface area (Å²) in [6.07, 6.45) is 3.82. The van der Waals surface area contributed by atoms with Gasteiger partial charge in [0.2, 0.25) is 0 Å². The van der Waals surface area contributed by atoms with Gasteiger partial charge in [-0.3, -0.25) is 4.79 Å². The van der Waals surface area contributed by atoms with Gasteiger partial charge in [-0.1, -0.05) is 18.0 Å². The average Bonchev–Trinajstić information content (AvgIpc) is 3.04. The first-order valence-electron chi connectivity index (χ1n) is 9.08. The largest absolute Gasteiger partial charge is 0.495 e. The van der Waals surface area contributed by atoms with Crippen LogP contribution in [0.1, 0.15) is 29.6 Å². The molecule has 1 amide bonds. The highest BCUT2D eigenvalue weighted by Crippen LogP contribution is 2.29. The standard InChI is InChI=1S/C19H27ClN2O3/c1-25-18-6-5-14(9-17(18)20)19(24)22-11-15(16(12-22)13-23)10-21-7-3-2-4-8-21/h5-6,9,15-16,23H,2-4,7-8,10-13H2,1H3/t15-,16-/m1/s1. The zero-order valence-electron chi connectivity index (χ0n) is 14.8. The number of likely N-dealkylation sites (tertiary alicyclic amines) is 2. The third kappa shape index (κ3) is 4.27. The fraction of sp³-hybridized carbons (Fsp3) is 0.632. The zero-order chi connectivity index (χ0) is 17.8. The molecule has 138 valence electrons. The molecule has 1 aromatic carbocycles. The lowest BCUT2D eigenvalue weighted by atomic mass is 9.95. The van der Waals surface area contributed by atoms with Gasteiger partial charge >= 0.3 is 0 Å². The van der Waals surface area contributed by atoms with E-state index in [2.05, 4.69) is 4.90 Å². The Balaban J connectivity index is 1.66. The van der Waals surface area contributed by atoms with Gasteiger partial charge in [0.15, 0.2) is 0 Å². The van der Waals surface area contributed by atoms with Crippen molar-refractivity contribution in [2.75, 3.05) is 46.4 Å². The Labute approximate surface area is 154 Å². The van der Waals surface area contributed by atoms with Gasteiger partial charge in [0.25, 0.3) is 5.91 Å². The van der Waals surface area contributed by atoms with Gasteiger partial charge in [0.05, 0.1) is 12.1 Å². The molecule has 0 spiro atoms. The molecule has 0 unspecified atom stereocenters. The fourth-order valence-electron chi connectivity index (χ4n) is 3.97. The highest BCUT2D eigenvalue weighted by atomic mass is 35.5. The van der Waals surface area contributed by atoms with Crippen molar-refractivity contribution in [2.24, 2.45) is 11.8 Å². The van der Waals surface area contributed by atoms with E-state index in [0.29, 0.717) is 35.3 Å². The summed E-state index contributed by atoms with van der Waals surface area (Å²) in [5.74, 6) is 1.03. The predicted molar refractivity (Wildman–Crippen MR) is 98.3 cm³/mol. The van der Waals surface area contributed by atoms with Gasteiger partial charge in [-0.25, -0.2) is 0 Å². The number of rotatable bonds is 5. The molecule has 2 saturated heterocycles. The van der Waals surface area contributed by atoms with E-state index >= 15 is 0 Å². The topological polar surface area (TPSA) is 53.0 Å². The van der Waals surface area contributed by atoms with E-state index in [4.69, 9.17) is 16.3 Å². The average molecular weight is 367 g/mol. The van der Waals surface area contributed by atoms with Crippen LogP contribution in [0.25, 0.3) is 0 Å². The van der Waals surface area contributed by atoms with Crippen LogP contribution in [0, 0.1) is 11.8 Å². The highest BCUT2D eigenvalue weighted by molar-refractivity contribution is 6.32. The Morgan fingerprint density at radius 2 is 1.96 bits per heavy atom. The number of methoxy groups -OCH3 is 1. The van der Waals surface area contributed by atoms with E-state index < -0.39 is 0 Å². The van der Waals surface area contributed by atoms with E-state index in [1.54, 1.807) is 25.3 Å². The number of halogens is 1. The minimum Gasteiger partial charge on any atom is -0.495 e. The predicted octanol–water partition coefficient (Wildman–Crippen LogP) is 2.52. The van der Waals surface area contributed by atoms with Crippen molar-refractivity contribution in [2.45, 2.75) is 19.3 Å². The van der Waals surface area contributed by atoms with Crippen molar-refractivity contribution in [1.29, 1.82) is 0 Å². The summed E-state index contributed by atoms with van der Waals surface area (Å²) in [7, 11) is 1.56. The highest BCUT2D eigenvalue weighted by Gasteiger charge is 2.36. The molecule has 25 heavy (non-hydrogen) atoms. The lowest BCUT2D eigenvalue weighted by Gasteiger charge is -2.30. The second kappa shape index (κ2) is 8.39. The SMILES string of the molecule is COc1ccc(C(=O)N2C[C@@H](CN3CCCCC3)[C@@H](CO)C2)cc1Cl. The summed E-state index contributed by atoms with van der Waals surface area (Å²) in [6, 6.07) is 5.13. The second-order valence-corrected chi connectivity index (χ2v) is 7.53. The van der Waals surface area contributed by atoms with Gasteiger partial charge < -0.3 is 19.6 Å². The first-order valence-corrected chi connectivity index (χ1v) is 9.46. The summed E-state index contributed by atoms with van der Waals surface area (Å²) < 4.78 is 5.15. The number of hydrogen-bond acceptors (Lipinski definition) is 4. The van der Waals surface area contributed by atoms with Crippen molar-refractivity contribution in [3.05, 3.63) is 28.8 Å². The van der Waals surface area contributed by atoms with E-state index in [1.165, 1.54) is 19.3 Å². The Hall–Kier alpha value is -1.30. The maximum atomic E-state index is 12.8. The smallest absolute Gasteiger partial charge is 0.253 e. The Bertz CT molecular complexity index is 604. The molecule has 2 aliphatic heterocycles. The molecule has 1 N–H and O–H groups in total. The lowest BCUT2D eigenvalue weighted by molar-refractivity contribution is 0.0778. The first-order chi connectivity index (χ1) is 12.1.